The van der Waals surface area contributed by atoms with Crippen molar-refractivity contribution in [3.05, 3.63) is 0 Å². The van der Waals surface area contributed by atoms with Gasteiger partial charge in [-0.25, -0.2) is 0 Å². The third-order valence-corrected chi connectivity index (χ3v) is 1.09. The van der Waals surface area contributed by atoms with E-state index in [0.29, 0.717) is 0 Å². The second-order valence-corrected chi connectivity index (χ2v) is 2.18. The van der Waals surface area contributed by atoms with Crippen LogP contribution >= 0.6 is 27.5 Å². The van der Waals surface area contributed by atoms with Gasteiger partial charge in [-0.1, -0.05) is 0 Å². The summed E-state index contributed by atoms with van der Waals surface area (Å²) < 4.78 is 22.5. The predicted octanol–water partition coefficient (Wildman–Crippen LogP) is 2.21. The molecular weight excluding hydrogens is 177 g/mol. The summed E-state index contributed by atoms with van der Waals surface area (Å²) in [5.74, 6) is -0.674. The van der Waals surface area contributed by atoms with Crippen molar-refractivity contribution in [2.45, 2.75) is 4.83 Å². The Morgan fingerprint density at radius 2 is 1.83 bits per heavy atom. The molecular formula is C2H2BrClF2. The highest BCUT2D eigenvalue weighted by Crippen LogP contribution is 2.21. The maximum absolute atomic E-state index is 11.2. The molecule has 0 N–H and O–H groups in total. The lowest BCUT2D eigenvalue weighted by Crippen LogP contribution is -2.04. The van der Waals surface area contributed by atoms with E-state index in [4.69, 9.17) is 0 Å². The predicted molar refractivity (Wildman–Crippen MR) is 24.6 cm³/mol. The van der Waals surface area contributed by atoms with Crippen LogP contribution in [0.25, 0.3) is 0 Å². The maximum atomic E-state index is 11.2. The summed E-state index contributed by atoms with van der Waals surface area (Å²) >= 11 is 6.69. The van der Waals surface area contributed by atoms with Gasteiger partial charge in [0.05, 0.1) is 5.88 Å². The molecule has 0 spiro atoms. The smallest absolute Gasteiger partial charge is 0.192 e. The fraction of sp³-hybridized carbons (Fsp3) is 1.00. The van der Waals surface area contributed by atoms with Crippen molar-refractivity contribution >= 4 is 27.5 Å². The van der Waals surface area contributed by atoms with Gasteiger partial charge in [-0.2, -0.15) is 8.78 Å². The molecule has 0 saturated heterocycles. The summed E-state index contributed by atoms with van der Waals surface area (Å²) in [6, 6.07) is 0. The summed E-state index contributed by atoms with van der Waals surface area (Å²) in [4.78, 5) is -2.88. The van der Waals surface area contributed by atoms with Gasteiger partial charge in [0, 0.05) is 0 Å². The van der Waals surface area contributed by atoms with Crippen LogP contribution in [-0.4, -0.2) is 10.7 Å². The van der Waals surface area contributed by atoms with Gasteiger partial charge in [0.1, 0.15) is 0 Å². The highest BCUT2D eigenvalue weighted by molar-refractivity contribution is 9.10. The second-order valence-electron chi connectivity index (χ2n) is 0.749. The van der Waals surface area contributed by atoms with Crippen LogP contribution < -0.4 is 0 Å². The molecule has 0 aliphatic heterocycles. The first-order valence-corrected chi connectivity index (χ1v) is 2.52. The Hall–Kier alpha value is 0.630. The first-order chi connectivity index (χ1) is 2.56. The topological polar surface area (TPSA) is 0 Å². The normalized spacial score (nSPS) is 12.0. The highest BCUT2D eigenvalue weighted by Gasteiger charge is 2.20. The van der Waals surface area contributed by atoms with Crippen LogP contribution in [-0.2, 0) is 0 Å². The molecule has 0 amide bonds. The van der Waals surface area contributed by atoms with Gasteiger partial charge >= 0.3 is 4.83 Å². The number of rotatable bonds is 1. The van der Waals surface area contributed by atoms with Crippen molar-refractivity contribution < 1.29 is 8.78 Å². The van der Waals surface area contributed by atoms with E-state index in [2.05, 4.69) is 11.6 Å². The zero-order valence-corrected chi connectivity index (χ0v) is 5.06. The number of hydrogen-bond acceptors (Lipinski definition) is 0. The molecule has 38 valence electrons. The summed E-state index contributed by atoms with van der Waals surface area (Å²) in [6.45, 7) is 0. The molecule has 0 atom stereocenters. The largest absolute Gasteiger partial charge is 0.314 e. The lowest BCUT2D eigenvalue weighted by molar-refractivity contribution is 0.142. The molecule has 0 radical (unpaired) electrons. The third kappa shape index (κ3) is 4.63. The Bertz CT molecular complexity index is 41.3. The van der Waals surface area contributed by atoms with Crippen molar-refractivity contribution in [3.8, 4) is 0 Å². The summed E-state index contributed by atoms with van der Waals surface area (Å²) in [5.41, 5.74) is 0. The van der Waals surface area contributed by atoms with Crippen LogP contribution in [0.15, 0.2) is 0 Å². The molecule has 0 bridgehead atoms. The molecule has 0 aliphatic rings. The SMILES string of the molecule is FC(F)(Br)CCl. The molecule has 0 fully saturated rings. The van der Waals surface area contributed by atoms with E-state index in [1.807, 2.05) is 15.9 Å². The molecule has 6 heavy (non-hydrogen) atoms. The van der Waals surface area contributed by atoms with Crippen molar-refractivity contribution in [2.24, 2.45) is 0 Å². The van der Waals surface area contributed by atoms with Gasteiger partial charge < -0.3 is 0 Å². The second kappa shape index (κ2) is 2.07. The van der Waals surface area contributed by atoms with E-state index in [1.165, 1.54) is 0 Å². The van der Waals surface area contributed by atoms with E-state index in [-0.39, 0.29) is 0 Å². The lowest BCUT2D eigenvalue weighted by Gasteiger charge is -1.97. The van der Waals surface area contributed by atoms with Crippen LogP contribution in [0.2, 0.25) is 0 Å². The molecule has 0 aromatic rings. The molecule has 0 saturated carbocycles. The minimum atomic E-state index is -2.88. The van der Waals surface area contributed by atoms with Crippen molar-refractivity contribution in [1.29, 1.82) is 0 Å². The Kier molecular flexibility index (Phi) is 2.29. The van der Waals surface area contributed by atoms with E-state index in [0.717, 1.165) is 0 Å². The molecule has 0 heterocycles. The monoisotopic (exact) mass is 178 g/mol. The third-order valence-electron chi connectivity index (χ3n) is 0.152. The molecule has 0 aromatic carbocycles. The molecule has 4 heteroatoms. The van der Waals surface area contributed by atoms with Crippen LogP contribution in [0, 0.1) is 0 Å². The van der Waals surface area contributed by atoms with Gasteiger partial charge in [-0.3, -0.25) is 0 Å². The summed E-state index contributed by atoms with van der Waals surface area (Å²) in [5, 5.41) is 0. The summed E-state index contributed by atoms with van der Waals surface area (Å²) in [7, 11) is 0. The first-order valence-electron chi connectivity index (χ1n) is 1.19. The highest BCUT2D eigenvalue weighted by atomic mass is 79.9. The van der Waals surface area contributed by atoms with Gasteiger partial charge in [0.2, 0.25) is 0 Å². The van der Waals surface area contributed by atoms with Gasteiger partial charge in [0.15, 0.2) is 0 Å². The molecule has 0 aromatic heterocycles. The minimum Gasteiger partial charge on any atom is -0.192 e. The van der Waals surface area contributed by atoms with Crippen LogP contribution in [0.3, 0.4) is 0 Å². The Balaban J connectivity index is 3.17. The lowest BCUT2D eigenvalue weighted by atomic mass is 10.9. The molecule has 0 aliphatic carbocycles. The number of hydrogen-bond donors (Lipinski definition) is 0. The Labute approximate surface area is 47.6 Å². The van der Waals surface area contributed by atoms with Crippen LogP contribution in [0.5, 0.6) is 0 Å². The average molecular weight is 179 g/mol. The number of halogens is 4. The van der Waals surface area contributed by atoms with Crippen molar-refractivity contribution in [2.75, 3.05) is 5.88 Å². The van der Waals surface area contributed by atoms with Gasteiger partial charge in [0.25, 0.3) is 0 Å². The molecule has 0 rings (SSSR count). The zero-order valence-electron chi connectivity index (χ0n) is 2.72. The zero-order chi connectivity index (χ0) is 5.21. The summed E-state index contributed by atoms with van der Waals surface area (Å²) in [6.07, 6.45) is 0. The van der Waals surface area contributed by atoms with E-state index in [9.17, 15) is 8.78 Å². The first kappa shape index (κ1) is 6.63. The fourth-order valence-electron chi connectivity index (χ4n) is 0. The van der Waals surface area contributed by atoms with Gasteiger partial charge in [-0.05, 0) is 15.9 Å². The Morgan fingerprint density at radius 1 is 1.67 bits per heavy atom. The standard InChI is InChI=1S/C2H2BrClF2/c3-2(5,6)1-4/h1H2. The van der Waals surface area contributed by atoms with E-state index < -0.39 is 10.7 Å². The van der Waals surface area contributed by atoms with Crippen LogP contribution in [0.4, 0.5) is 8.78 Å². The van der Waals surface area contributed by atoms with Crippen molar-refractivity contribution in [1.82, 2.24) is 0 Å². The van der Waals surface area contributed by atoms with Gasteiger partial charge in [-0.15, -0.1) is 11.6 Å². The van der Waals surface area contributed by atoms with E-state index >= 15 is 0 Å². The molecule has 0 nitrogen and oxygen atoms in total. The maximum Gasteiger partial charge on any atom is 0.314 e. The minimum absolute atomic E-state index is 0.674. The quantitative estimate of drug-likeness (QED) is 0.542. The number of alkyl halides is 4. The van der Waals surface area contributed by atoms with Crippen LogP contribution in [0.1, 0.15) is 0 Å². The average Bonchev–Trinajstić information content (AvgIpc) is 1.35. The fourth-order valence-corrected chi connectivity index (χ4v) is 0. The van der Waals surface area contributed by atoms with E-state index in [1.54, 1.807) is 0 Å². The van der Waals surface area contributed by atoms with Crippen molar-refractivity contribution in [3.63, 3.8) is 0 Å². The Morgan fingerprint density at radius 3 is 1.83 bits per heavy atom. The molecule has 0 unspecified atom stereocenters.